The van der Waals surface area contributed by atoms with Gasteiger partial charge in [0.25, 0.3) is 0 Å². The molecular formula is C14H22N2O5S. The summed E-state index contributed by atoms with van der Waals surface area (Å²) in [7, 11) is -1.97. The maximum atomic E-state index is 13.1. The van der Waals surface area contributed by atoms with E-state index in [2.05, 4.69) is 5.16 Å². The standard InChI is InChI=1S/C14H22N2O5S/c1-9-14(10(2)21-15-9)22(17,18)16-6-7-20-13-5-4-11(19-3)8-12(13)16/h11-13H,4-8H2,1-3H3/t11-,12+,13-/m1/s1. The second kappa shape index (κ2) is 5.92. The van der Waals surface area contributed by atoms with Crippen LogP contribution in [0.4, 0.5) is 0 Å². The number of rotatable bonds is 3. The first-order valence-electron chi connectivity index (χ1n) is 7.54. The quantitative estimate of drug-likeness (QED) is 0.829. The van der Waals surface area contributed by atoms with Crippen LogP contribution in [0.1, 0.15) is 30.7 Å². The third kappa shape index (κ3) is 2.58. The number of aryl methyl sites for hydroxylation is 2. The molecule has 1 aliphatic carbocycles. The van der Waals surface area contributed by atoms with Crippen molar-refractivity contribution in [3.8, 4) is 0 Å². The molecule has 0 spiro atoms. The summed E-state index contributed by atoms with van der Waals surface area (Å²) >= 11 is 0. The largest absolute Gasteiger partial charge is 0.381 e. The summed E-state index contributed by atoms with van der Waals surface area (Å²) in [5.41, 5.74) is 0.402. The second-order valence-electron chi connectivity index (χ2n) is 5.92. The van der Waals surface area contributed by atoms with Crippen molar-refractivity contribution in [2.24, 2.45) is 0 Å². The molecule has 1 aromatic heterocycles. The summed E-state index contributed by atoms with van der Waals surface area (Å²) < 4.78 is 43.9. The molecule has 0 amide bonds. The lowest BCUT2D eigenvalue weighted by Crippen LogP contribution is -2.56. The summed E-state index contributed by atoms with van der Waals surface area (Å²) in [5, 5.41) is 3.78. The van der Waals surface area contributed by atoms with Gasteiger partial charge in [0.1, 0.15) is 10.6 Å². The summed E-state index contributed by atoms with van der Waals surface area (Å²) in [6.07, 6.45) is 2.39. The minimum atomic E-state index is -3.64. The zero-order chi connectivity index (χ0) is 15.9. The fraction of sp³-hybridized carbons (Fsp3) is 0.786. The maximum absolute atomic E-state index is 13.1. The molecule has 7 nitrogen and oxygen atoms in total. The Balaban J connectivity index is 1.95. The van der Waals surface area contributed by atoms with Crippen molar-refractivity contribution in [3.05, 3.63) is 11.5 Å². The highest BCUT2D eigenvalue weighted by atomic mass is 32.2. The summed E-state index contributed by atoms with van der Waals surface area (Å²) in [4.78, 5) is 0.188. The minimum absolute atomic E-state index is 0.0598. The van der Waals surface area contributed by atoms with Crippen LogP contribution in [0.15, 0.2) is 9.42 Å². The number of hydrogen-bond acceptors (Lipinski definition) is 6. The lowest BCUT2D eigenvalue weighted by molar-refractivity contribution is -0.0883. The van der Waals surface area contributed by atoms with Crippen molar-refractivity contribution in [2.45, 2.75) is 56.3 Å². The van der Waals surface area contributed by atoms with Gasteiger partial charge in [-0.05, 0) is 33.1 Å². The van der Waals surface area contributed by atoms with E-state index in [1.807, 2.05) is 0 Å². The van der Waals surface area contributed by atoms with Crippen molar-refractivity contribution in [3.63, 3.8) is 0 Å². The number of ether oxygens (including phenoxy) is 2. The lowest BCUT2D eigenvalue weighted by atomic mass is 9.89. The fourth-order valence-electron chi connectivity index (χ4n) is 3.51. The molecule has 1 saturated heterocycles. The van der Waals surface area contributed by atoms with E-state index in [0.717, 1.165) is 12.8 Å². The van der Waals surface area contributed by atoms with Crippen LogP contribution in [0.5, 0.6) is 0 Å². The molecule has 1 aliphatic heterocycles. The van der Waals surface area contributed by atoms with E-state index >= 15 is 0 Å². The Labute approximate surface area is 130 Å². The molecule has 2 aliphatic rings. The van der Waals surface area contributed by atoms with Gasteiger partial charge in [-0.15, -0.1) is 0 Å². The molecule has 0 aromatic carbocycles. The van der Waals surface area contributed by atoms with Gasteiger partial charge in [-0.25, -0.2) is 8.42 Å². The predicted octanol–water partition coefficient (Wildman–Crippen LogP) is 1.25. The van der Waals surface area contributed by atoms with Gasteiger partial charge in [-0.3, -0.25) is 0 Å². The maximum Gasteiger partial charge on any atom is 0.248 e. The van der Waals surface area contributed by atoms with E-state index in [4.69, 9.17) is 14.0 Å². The van der Waals surface area contributed by atoms with Crippen molar-refractivity contribution in [2.75, 3.05) is 20.3 Å². The number of fused-ring (bicyclic) bond motifs is 1. The van der Waals surface area contributed by atoms with Gasteiger partial charge in [0, 0.05) is 13.7 Å². The Hall–Kier alpha value is -0.960. The molecule has 124 valence electrons. The van der Waals surface area contributed by atoms with E-state index in [1.54, 1.807) is 25.3 Å². The van der Waals surface area contributed by atoms with Gasteiger partial charge < -0.3 is 14.0 Å². The molecule has 1 saturated carbocycles. The Morgan fingerprint density at radius 1 is 1.32 bits per heavy atom. The van der Waals surface area contributed by atoms with E-state index in [0.29, 0.717) is 31.0 Å². The molecule has 22 heavy (non-hydrogen) atoms. The van der Waals surface area contributed by atoms with Crippen LogP contribution < -0.4 is 0 Å². The molecule has 8 heteroatoms. The molecule has 2 fully saturated rings. The smallest absolute Gasteiger partial charge is 0.248 e. The normalized spacial score (nSPS) is 30.2. The van der Waals surface area contributed by atoms with Crippen LogP contribution in [0.25, 0.3) is 0 Å². The van der Waals surface area contributed by atoms with Crippen LogP contribution in [0.3, 0.4) is 0 Å². The molecule has 1 aromatic rings. The highest BCUT2D eigenvalue weighted by Gasteiger charge is 2.44. The molecular weight excluding hydrogens is 308 g/mol. The van der Waals surface area contributed by atoms with Crippen LogP contribution >= 0.6 is 0 Å². The van der Waals surface area contributed by atoms with E-state index in [-0.39, 0.29) is 23.1 Å². The third-order valence-electron chi connectivity index (χ3n) is 4.59. The molecule has 0 radical (unpaired) electrons. The lowest BCUT2D eigenvalue weighted by Gasteiger charge is -2.44. The molecule has 2 heterocycles. The first-order chi connectivity index (χ1) is 10.4. The topological polar surface area (TPSA) is 81.9 Å². The predicted molar refractivity (Wildman–Crippen MR) is 78.0 cm³/mol. The summed E-state index contributed by atoms with van der Waals surface area (Å²) in [6.45, 7) is 4.05. The molecule has 3 atom stereocenters. The van der Waals surface area contributed by atoms with Crippen LogP contribution in [-0.4, -0.2) is 56.4 Å². The van der Waals surface area contributed by atoms with E-state index in [1.165, 1.54) is 0 Å². The Morgan fingerprint density at radius 3 is 2.73 bits per heavy atom. The van der Waals surface area contributed by atoms with Gasteiger partial charge in [0.15, 0.2) is 5.76 Å². The highest BCUT2D eigenvalue weighted by molar-refractivity contribution is 7.89. The summed E-state index contributed by atoms with van der Waals surface area (Å²) in [6, 6.07) is -0.189. The van der Waals surface area contributed by atoms with Crippen molar-refractivity contribution >= 4 is 10.0 Å². The zero-order valence-corrected chi connectivity index (χ0v) is 13.9. The van der Waals surface area contributed by atoms with E-state index in [9.17, 15) is 8.42 Å². The number of hydrogen-bond donors (Lipinski definition) is 0. The third-order valence-corrected chi connectivity index (χ3v) is 6.76. The summed E-state index contributed by atoms with van der Waals surface area (Å²) in [5.74, 6) is 0.333. The van der Waals surface area contributed by atoms with Crippen molar-refractivity contribution in [1.29, 1.82) is 0 Å². The van der Waals surface area contributed by atoms with Crippen LogP contribution in [0, 0.1) is 13.8 Å². The molecule has 0 N–H and O–H groups in total. The van der Waals surface area contributed by atoms with Crippen LogP contribution in [0.2, 0.25) is 0 Å². The fourth-order valence-corrected chi connectivity index (χ4v) is 5.45. The van der Waals surface area contributed by atoms with Crippen molar-refractivity contribution < 1.29 is 22.4 Å². The van der Waals surface area contributed by atoms with Gasteiger partial charge in [-0.1, -0.05) is 5.16 Å². The average molecular weight is 330 g/mol. The van der Waals surface area contributed by atoms with E-state index < -0.39 is 10.0 Å². The van der Waals surface area contributed by atoms with Gasteiger partial charge in [0.2, 0.25) is 10.0 Å². The molecule has 0 unspecified atom stereocenters. The zero-order valence-electron chi connectivity index (χ0n) is 13.1. The van der Waals surface area contributed by atoms with Gasteiger partial charge in [-0.2, -0.15) is 4.31 Å². The average Bonchev–Trinajstić information content (AvgIpc) is 2.85. The Kier molecular flexibility index (Phi) is 4.28. The number of morpholine rings is 1. The number of methoxy groups -OCH3 is 1. The van der Waals surface area contributed by atoms with Gasteiger partial charge >= 0.3 is 0 Å². The monoisotopic (exact) mass is 330 g/mol. The highest BCUT2D eigenvalue weighted by Crippen LogP contribution is 2.34. The first-order valence-corrected chi connectivity index (χ1v) is 8.98. The van der Waals surface area contributed by atoms with Crippen molar-refractivity contribution in [1.82, 2.24) is 9.46 Å². The van der Waals surface area contributed by atoms with Crippen LogP contribution in [-0.2, 0) is 19.5 Å². The first kappa shape index (κ1) is 15.9. The van der Waals surface area contributed by atoms with Gasteiger partial charge in [0.05, 0.1) is 24.9 Å². The number of sulfonamides is 1. The molecule has 0 bridgehead atoms. The number of aromatic nitrogens is 1. The SMILES string of the molecule is CO[C@@H]1CC[C@H]2OCCN(S(=O)(=O)c3c(C)noc3C)[C@H]2C1. The molecule has 3 rings (SSSR count). The second-order valence-corrected chi connectivity index (χ2v) is 7.74. The Morgan fingerprint density at radius 2 is 2.09 bits per heavy atom. The minimum Gasteiger partial charge on any atom is -0.381 e. The Bertz CT molecular complexity index is 622. The number of nitrogens with zero attached hydrogens (tertiary/aromatic N) is 2.